The zero-order valence-corrected chi connectivity index (χ0v) is 16.7. The lowest BCUT2D eigenvalue weighted by atomic mass is 10.1. The molecule has 4 heterocycles. The van der Waals surface area contributed by atoms with Gasteiger partial charge in [-0.2, -0.15) is 5.26 Å². The molecule has 30 heavy (non-hydrogen) atoms. The maximum atomic E-state index is 9.85. The fraction of sp³-hybridized carbons (Fsp3) is 0.130. The van der Waals surface area contributed by atoms with Crippen LogP contribution in [0, 0.1) is 11.3 Å². The number of pyridine rings is 1. The second-order valence-corrected chi connectivity index (χ2v) is 6.75. The number of ether oxygens (including phenoxy) is 3. The maximum Gasteiger partial charge on any atom is 0.203 e. The molecule has 0 unspecified atom stereocenters. The first-order chi connectivity index (χ1) is 14.7. The van der Waals surface area contributed by atoms with Gasteiger partial charge in [-0.1, -0.05) is 6.07 Å². The Morgan fingerprint density at radius 1 is 0.867 bits per heavy atom. The molecule has 0 amide bonds. The summed E-state index contributed by atoms with van der Waals surface area (Å²) in [5.41, 5.74) is 3.86. The topological polar surface area (TPSA) is 73.2 Å². The summed E-state index contributed by atoms with van der Waals surface area (Å²) in [6, 6.07) is 15.8. The summed E-state index contributed by atoms with van der Waals surface area (Å²) < 4.78 is 20.4. The van der Waals surface area contributed by atoms with Crippen molar-refractivity contribution in [3.05, 3.63) is 60.4 Å². The molecule has 0 spiro atoms. The first-order valence-corrected chi connectivity index (χ1v) is 9.32. The SMILES string of the molecule is COc1cc(-c2nc3c(c(C#N)c4ccccn43)c3cccn23)cc(OC)c1OC. The minimum atomic E-state index is 0.522. The number of methoxy groups -OCH3 is 3. The molecule has 0 radical (unpaired) electrons. The lowest BCUT2D eigenvalue weighted by Gasteiger charge is -2.15. The second-order valence-electron chi connectivity index (χ2n) is 6.75. The van der Waals surface area contributed by atoms with Crippen molar-refractivity contribution in [1.82, 2.24) is 13.8 Å². The van der Waals surface area contributed by atoms with Gasteiger partial charge in [0.15, 0.2) is 11.5 Å². The van der Waals surface area contributed by atoms with Crippen molar-refractivity contribution in [3.63, 3.8) is 0 Å². The largest absolute Gasteiger partial charge is 0.493 e. The summed E-state index contributed by atoms with van der Waals surface area (Å²) in [6.45, 7) is 0. The van der Waals surface area contributed by atoms with Crippen LogP contribution in [0.3, 0.4) is 0 Å². The van der Waals surface area contributed by atoms with Crippen LogP contribution >= 0.6 is 0 Å². The lowest BCUT2D eigenvalue weighted by molar-refractivity contribution is 0.324. The van der Waals surface area contributed by atoms with Crippen LogP contribution < -0.4 is 14.2 Å². The quantitative estimate of drug-likeness (QED) is 0.451. The number of rotatable bonds is 4. The second kappa shape index (κ2) is 6.71. The van der Waals surface area contributed by atoms with Crippen molar-refractivity contribution in [2.24, 2.45) is 0 Å². The summed E-state index contributed by atoms with van der Waals surface area (Å²) in [5.74, 6) is 2.32. The number of hydrogen-bond acceptors (Lipinski definition) is 5. The Bertz CT molecular complexity index is 1450. The predicted molar refractivity (Wildman–Crippen MR) is 113 cm³/mol. The Kier molecular flexibility index (Phi) is 4.00. The highest BCUT2D eigenvalue weighted by Crippen LogP contribution is 2.41. The van der Waals surface area contributed by atoms with E-state index in [1.54, 1.807) is 21.3 Å². The molecule has 0 fully saturated rings. The minimum Gasteiger partial charge on any atom is -0.493 e. The van der Waals surface area contributed by atoms with E-state index in [9.17, 15) is 5.26 Å². The van der Waals surface area contributed by atoms with Gasteiger partial charge in [0.1, 0.15) is 17.5 Å². The summed E-state index contributed by atoms with van der Waals surface area (Å²) >= 11 is 0. The minimum absolute atomic E-state index is 0.522. The molecule has 5 rings (SSSR count). The first kappa shape index (κ1) is 17.9. The average molecular weight is 398 g/mol. The Morgan fingerprint density at radius 2 is 1.57 bits per heavy atom. The van der Waals surface area contributed by atoms with Crippen LogP contribution in [0.5, 0.6) is 17.2 Å². The van der Waals surface area contributed by atoms with Gasteiger partial charge in [-0.3, -0.25) is 4.40 Å². The molecule has 5 aromatic rings. The molecule has 148 valence electrons. The van der Waals surface area contributed by atoms with E-state index in [1.165, 1.54) is 0 Å². The molecular weight excluding hydrogens is 380 g/mol. The van der Waals surface area contributed by atoms with Crippen molar-refractivity contribution in [3.8, 4) is 34.7 Å². The van der Waals surface area contributed by atoms with Gasteiger partial charge >= 0.3 is 0 Å². The molecule has 0 saturated carbocycles. The fourth-order valence-corrected chi connectivity index (χ4v) is 3.99. The van der Waals surface area contributed by atoms with Gasteiger partial charge < -0.3 is 18.6 Å². The van der Waals surface area contributed by atoms with E-state index in [0.29, 0.717) is 28.6 Å². The molecule has 0 aliphatic rings. The molecule has 1 aromatic carbocycles. The zero-order valence-electron chi connectivity index (χ0n) is 16.7. The van der Waals surface area contributed by atoms with Crippen molar-refractivity contribution >= 4 is 22.1 Å². The maximum absolute atomic E-state index is 9.85. The summed E-state index contributed by atoms with van der Waals surface area (Å²) in [4.78, 5) is 4.97. The summed E-state index contributed by atoms with van der Waals surface area (Å²) in [7, 11) is 4.75. The molecule has 0 N–H and O–H groups in total. The van der Waals surface area contributed by atoms with Crippen LogP contribution in [0.25, 0.3) is 33.5 Å². The van der Waals surface area contributed by atoms with Crippen LogP contribution in [0.1, 0.15) is 5.56 Å². The lowest BCUT2D eigenvalue weighted by Crippen LogP contribution is -2.00. The Balaban J connectivity index is 1.93. The van der Waals surface area contributed by atoms with Crippen LogP contribution in [0.2, 0.25) is 0 Å². The third-order valence-electron chi connectivity index (χ3n) is 5.30. The van der Waals surface area contributed by atoms with Gasteiger partial charge in [-0.25, -0.2) is 4.98 Å². The third kappa shape index (κ3) is 2.34. The first-order valence-electron chi connectivity index (χ1n) is 9.32. The fourth-order valence-electron chi connectivity index (χ4n) is 3.99. The molecule has 0 aliphatic heterocycles. The van der Waals surface area contributed by atoms with Gasteiger partial charge in [0, 0.05) is 18.0 Å². The average Bonchev–Trinajstić information content (AvgIpc) is 3.40. The van der Waals surface area contributed by atoms with E-state index < -0.39 is 0 Å². The van der Waals surface area contributed by atoms with E-state index >= 15 is 0 Å². The number of fused-ring (bicyclic) bond motifs is 5. The van der Waals surface area contributed by atoms with Gasteiger partial charge in [0.2, 0.25) is 5.75 Å². The summed E-state index contributed by atoms with van der Waals surface area (Å²) in [5, 5.41) is 10.7. The number of nitriles is 1. The number of aromatic nitrogens is 3. The van der Waals surface area contributed by atoms with E-state index in [4.69, 9.17) is 19.2 Å². The Labute approximate surface area is 172 Å². The zero-order chi connectivity index (χ0) is 20.8. The summed E-state index contributed by atoms with van der Waals surface area (Å²) in [6.07, 6.45) is 3.85. The van der Waals surface area contributed by atoms with Crippen molar-refractivity contribution < 1.29 is 14.2 Å². The monoisotopic (exact) mass is 398 g/mol. The molecule has 4 aromatic heterocycles. The van der Waals surface area contributed by atoms with E-state index in [1.807, 2.05) is 63.7 Å². The number of nitrogens with zero attached hydrogens (tertiary/aromatic N) is 4. The normalized spacial score (nSPS) is 11.1. The third-order valence-corrected chi connectivity index (χ3v) is 5.30. The van der Waals surface area contributed by atoms with E-state index in [2.05, 4.69) is 6.07 Å². The van der Waals surface area contributed by atoms with Gasteiger partial charge in [-0.15, -0.1) is 0 Å². The Morgan fingerprint density at radius 3 is 2.23 bits per heavy atom. The molecule has 0 atom stereocenters. The Hall–Kier alpha value is -4.18. The van der Waals surface area contributed by atoms with Gasteiger partial charge in [-0.05, 0) is 36.4 Å². The van der Waals surface area contributed by atoms with Crippen LogP contribution in [0.4, 0.5) is 0 Å². The molecule has 7 nitrogen and oxygen atoms in total. The van der Waals surface area contributed by atoms with Crippen LogP contribution in [-0.4, -0.2) is 35.1 Å². The predicted octanol–water partition coefficient (Wildman–Crippen LogP) is 4.30. The van der Waals surface area contributed by atoms with Crippen LogP contribution in [-0.2, 0) is 0 Å². The molecular formula is C23H18N4O3. The smallest absolute Gasteiger partial charge is 0.203 e. The standard InChI is InChI=1S/C23H18N4O3/c1-28-18-11-14(12-19(29-2)21(18)30-3)22-25-23-20(17-8-6-10-27(17)22)15(13-24)16-7-4-5-9-26(16)23/h4-12H,1-3H3. The molecule has 7 heteroatoms. The van der Waals surface area contributed by atoms with Crippen molar-refractivity contribution in [2.45, 2.75) is 0 Å². The van der Waals surface area contributed by atoms with E-state index in [0.717, 1.165) is 27.6 Å². The number of hydrogen-bond donors (Lipinski definition) is 0. The van der Waals surface area contributed by atoms with Crippen molar-refractivity contribution in [2.75, 3.05) is 21.3 Å². The molecule has 0 saturated heterocycles. The van der Waals surface area contributed by atoms with Gasteiger partial charge in [0.25, 0.3) is 0 Å². The highest BCUT2D eigenvalue weighted by Gasteiger charge is 2.21. The highest BCUT2D eigenvalue weighted by molar-refractivity contribution is 6.04. The van der Waals surface area contributed by atoms with Crippen LogP contribution in [0.15, 0.2) is 54.9 Å². The van der Waals surface area contributed by atoms with Crippen molar-refractivity contribution in [1.29, 1.82) is 5.26 Å². The number of benzene rings is 1. The molecule has 0 bridgehead atoms. The van der Waals surface area contributed by atoms with E-state index in [-0.39, 0.29) is 0 Å². The molecule has 0 aliphatic carbocycles. The van der Waals surface area contributed by atoms with Gasteiger partial charge in [0.05, 0.1) is 43.3 Å². The highest BCUT2D eigenvalue weighted by atomic mass is 16.5.